The molecule has 282 valence electrons. The lowest BCUT2D eigenvalue weighted by Crippen LogP contribution is -2.53. The van der Waals surface area contributed by atoms with E-state index in [1.807, 2.05) is 36.0 Å². The highest BCUT2D eigenvalue weighted by Gasteiger charge is 2.38. The number of methoxy groups -OCH3 is 2. The molecule has 3 aliphatic rings. The highest BCUT2D eigenvalue weighted by Crippen LogP contribution is 2.35. The van der Waals surface area contributed by atoms with Crippen LogP contribution in [0.15, 0.2) is 84.4 Å². The van der Waals surface area contributed by atoms with E-state index in [0.29, 0.717) is 13.0 Å². The number of aromatic nitrogens is 4. The van der Waals surface area contributed by atoms with Gasteiger partial charge in [0, 0.05) is 50.9 Å². The molecular weight excluding hydrogens is 685 g/mol. The monoisotopic (exact) mass is 732 g/mol. The zero-order valence-corrected chi connectivity index (χ0v) is 31.3. The quantitative estimate of drug-likeness (QED) is 0.185. The number of aromatic amines is 1. The highest BCUT2D eigenvalue weighted by atomic mass is 16.5. The van der Waals surface area contributed by atoms with Crippen molar-refractivity contribution in [2.24, 2.45) is 10.9 Å². The number of rotatable bonds is 12. The predicted octanol–water partition coefficient (Wildman–Crippen LogP) is 5.88. The number of benzene rings is 2. The Morgan fingerprint density at radius 1 is 0.889 bits per heavy atom. The van der Waals surface area contributed by atoms with Crippen LogP contribution in [-0.4, -0.2) is 98.7 Å². The van der Waals surface area contributed by atoms with Crippen molar-refractivity contribution in [2.45, 2.75) is 76.7 Å². The number of hydrogen-bond acceptors (Lipinski definition) is 8. The largest absolute Gasteiger partial charge is 0.453 e. The zero-order valence-electron chi connectivity index (χ0n) is 31.3. The molecule has 2 saturated heterocycles. The molecule has 54 heavy (non-hydrogen) atoms. The van der Waals surface area contributed by atoms with Gasteiger partial charge in [-0.05, 0) is 66.5 Å². The Balaban J connectivity index is 0.967. The summed E-state index contributed by atoms with van der Waals surface area (Å²) in [5, 5.41) is 6.91. The van der Waals surface area contributed by atoms with E-state index in [9.17, 15) is 14.4 Å². The van der Waals surface area contributed by atoms with Gasteiger partial charge < -0.3 is 29.6 Å². The van der Waals surface area contributed by atoms with Crippen LogP contribution < -0.4 is 5.32 Å². The highest BCUT2D eigenvalue weighted by molar-refractivity contribution is 6.03. The molecule has 2 fully saturated rings. The lowest BCUT2D eigenvalue weighted by Gasteiger charge is -2.29. The minimum absolute atomic E-state index is 0.0626. The molecule has 5 atom stereocenters. The SMILES string of the molecule is COC(=O)N[C@@H](Cn1cccn1)C(=O)N1CCC[C@H]1C1=NC=C(c2ccc(-c3ccc(-c4cnc([C@@H]5CCCN5C(=O)[C@@H](C)C(C)OC)[nH]4)cc3)cc2)C1. The number of ether oxygens (including phenoxy) is 2. The molecule has 0 radical (unpaired) electrons. The smallest absolute Gasteiger partial charge is 0.407 e. The van der Waals surface area contributed by atoms with E-state index in [1.165, 1.54) is 7.11 Å². The van der Waals surface area contributed by atoms with Gasteiger partial charge in [0.1, 0.15) is 11.9 Å². The second-order valence-corrected chi connectivity index (χ2v) is 14.3. The molecule has 3 amide bonds. The van der Waals surface area contributed by atoms with E-state index in [4.69, 9.17) is 19.5 Å². The molecule has 0 spiro atoms. The summed E-state index contributed by atoms with van der Waals surface area (Å²) >= 11 is 0. The van der Waals surface area contributed by atoms with Crippen LogP contribution in [0.25, 0.3) is 28.0 Å². The standard InChI is InChI=1S/C41H48N8O5/c1-26(27(2)53-3)39(50)49-21-6-9-37(49)38-43-24-34(45-38)31-16-14-29(15-17-31)28-10-12-30(13-11-28)32-22-33(42-23-32)36-8-5-20-48(36)40(51)35(46-41(52)54-4)25-47-19-7-18-44-47/h7,10-19,23-24,26-27,35-37H,5-6,8-9,20-22,25H2,1-4H3,(H,43,45)(H,46,52)/t26-,27?,35-,36-,37-/m0/s1. The van der Waals surface area contributed by atoms with Crippen LogP contribution in [0, 0.1) is 5.92 Å². The van der Waals surface area contributed by atoms with E-state index in [0.717, 1.165) is 77.3 Å². The number of carbonyl (C=O) groups excluding carboxylic acids is 3. The molecule has 4 aromatic rings. The van der Waals surface area contributed by atoms with Crippen LogP contribution in [0.3, 0.4) is 0 Å². The Bertz CT molecular complexity index is 2000. The Morgan fingerprint density at radius 2 is 1.54 bits per heavy atom. The molecule has 5 heterocycles. The Labute approximate surface area is 315 Å². The van der Waals surface area contributed by atoms with E-state index in [1.54, 1.807) is 30.3 Å². The average Bonchev–Trinajstić information content (AvgIpc) is 4.06. The maximum atomic E-state index is 13.8. The third-order valence-corrected chi connectivity index (χ3v) is 11.1. The van der Waals surface area contributed by atoms with Gasteiger partial charge >= 0.3 is 6.09 Å². The molecule has 2 aromatic carbocycles. The number of amides is 3. The Kier molecular flexibility index (Phi) is 11.0. The van der Waals surface area contributed by atoms with Crippen LogP contribution in [0.2, 0.25) is 0 Å². The maximum absolute atomic E-state index is 13.8. The second kappa shape index (κ2) is 16.2. The number of aliphatic imine (C=N–C) groups is 1. The Morgan fingerprint density at radius 3 is 2.19 bits per heavy atom. The fourth-order valence-electron chi connectivity index (χ4n) is 7.74. The van der Waals surface area contributed by atoms with Crippen molar-refractivity contribution in [3.05, 3.63) is 90.8 Å². The predicted molar refractivity (Wildman–Crippen MR) is 205 cm³/mol. The summed E-state index contributed by atoms with van der Waals surface area (Å²) in [7, 11) is 2.92. The number of alkyl carbamates (subject to hydrolysis) is 1. The van der Waals surface area contributed by atoms with Gasteiger partial charge in [0.2, 0.25) is 11.8 Å². The van der Waals surface area contributed by atoms with Gasteiger partial charge in [-0.15, -0.1) is 0 Å². The van der Waals surface area contributed by atoms with E-state index in [-0.39, 0.29) is 42.5 Å². The van der Waals surface area contributed by atoms with E-state index in [2.05, 4.69) is 63.9 Å². The van der Waals surface area contributed by atoms with Crippen molar-refractivity contribution in [2.75, 3.05) is 27.3 Å². The molecule has 13 heteroatoms. The lowest BCUT2D eigenvalue weighted by atomic mass is 9.96. The fraction of sp³-hybridized carbons (Fsp3) is 0.415. The molecule has 3 aliphatic heterocycles. The van der Waals surface area contributed by atoms with Gasteiger partial charge in [-0.3, -0.25) is 19.3 Å². The third kappa shape index (κ3) is 7.72. The van der Waals surface area contributed by atoms with Crippen LogP contribution in [0.4, 0.5) is 4.79 Å². The number of nitrogens with zero attached hydrogens (tertiary/aromatic N) is 6. The van der Waals surface area contributed by atoms with Gasteiger partial charge in [-0.2, -0.15) is 5.10 Å². The molecule has 2 aromatic heterocycles. The van der Waals surface area contributed by atoms with Crippen LogP contribution in [-0.2, 0) is 25.6 Å². The zero-order chi connectivity index (χ0) is 37.8. The summed E-state index contributed by atoms with van der Waals surface area (Å²) in [4.78, 5) is 55.9. The number of hydrogen-bond donors (Lipinski definition) is 2. The summed E-state index contributed by atoms with van der Waals surface area (Å²) in [6.45, 7) is 5.39. The molecule has 13 nitrogen and oxygen atoms in total. The van der Waals surface area contributed by atoms with Crippen molar-refractivity contribution in [1.82, 2.24) is 34.9 Å². The third-order valence-electron chi connectivity index (χ3n) is 11.1. The average molecular weight is 733 g/mol. The summed E-state index contributed by atoms with van der Waals surface area (Å²) in [5.41, 5.74) is 7.29. The van der Waals surface area contributed by atoms with Crippen molar-refractivity contribution in [3.8, 4) is 22.4 Å². The number of allylic oxidation sites excluding steroid dienone is 1. The minimum Gasteiger partial charge on any atom is -0.453 e. The minimum atomic E-state index is -0.815. The van der Waals surface area contributed by atoms with Gasteiger partial charge in [-0.1, -0.05) is 55.5 Å². The summed E-state index contributed by atoms with van der Waals surface area (Å²) in [5.74, 6) is 0.530. The van der Waals surface area contributed by atoms with Crippen LogP contribution in [0.5, 0.6) is 0 Å². The first-order valence-electron chi connectivity index (χ1n) is 18.7. The van der Waals surface area contributed by atoms with Gasteiger partial charge in [0.05, 0.1) is 49.7 Å². The van der Waals surface area contributed by atoms with Crippen molar-refractivity contribution < 1.29 is 23.9 Å². The van der Waals surface area contributed by atoms with Crippen molar-refractivity contribution in [3.63, 3.8) is 0 Å². The summed E-state index contributed by atoms with van der Waals surface area (Å²) < 4.78 is 11.9. The van der Waals surface area contributed by atoms with Gasteiger partial charge in [-0.25, -0.2) is 9.78 Å². The van der Waals surface area contributed by atoms with Crippen molar-refractivity contribution in [1.29, 1.82) is 0 Å². The number of carbonyl (C=O) groups is 3. The molecule has 1 unspecified atom stereocenters. The van der Waals surface area contributed by atoms with Crippen LogP contribution in [0.1, 0.15) is 63.4 Å². The number of nitrogens with one attached hydrogen (secondary N) is 2. The molecule has 2 N–H and O–H groups in total. The van der Waals surface area contributed by atoms with E-state index >= 15 is 0 Å². The molecule has 0 aliphatic carbocycles. The van der Waals surface area contributed by atoms with Crippen LogP contribution >= 0.6 is 0 Å². The molecular formula is C41H48N8O5. The number of imidazole rings is 1. The number of likely N-dealkylation sites (tertiary alicyclic amines) is 2. The molecule has 0 bridgehead atoms. The van der Waals surface area contributed by atoms with Crippen molar-refractivity contribution >= 4 is 29.2 Å². The van der Waals surface area contributed by atoms with E-state index < -0.39 is 12.1 Å². The first-order valence-corrected chi connectivity index (χ1v) is 18.7. The summed E-state index contributed by atoms with van der Waals surface area (Å²) in [6.07, 6.45) is 10.5. The first kappa shape index (κ1) is 36.8. The second-order valence-electron chi connectivity index (χ2n) is 14.3. The molecule has 7 rings (SSSR count). The Hall–Kier alpha value is -5.56. The molecule has 0 saturated carbocycles. The van der Waals surface area contributed by atoms with Gasteiger partial charge in [0.25, 0.3) is 0 Å². The maximum Gasteiger partial charge on any atom is 0.407 e. The normalized spacial score (nSPS) is 20.0. The van der Waals surface area contributed by atoms with Gasteiger partial charge in [0.15, 0.2) is 0 Å². The number of H-pyrrole nitrogens is 1. The fourth-order valence-corrected chi connectivity index (χ4v) is 7.74. The summed E-state index contributed by atoms with van der Waals surface area (Å²) in [6, 6.07) is 17.7. The topological polar surface area (TPSA) is 147 Å². The first-order chi connectivity index (χ1) is 26.2. The lowest BCUT2D eigenvalue weighted by molar-refractivity contribution is -0.140.